The minimum absolute atomic E-state index is 1.02. The Kier molecular flexibility index (Phi) is 2.26. The Morgan fingerprint density at radius 2 is 2.50 bits per heavy atom. The average molecular weight is 160 g/mol. The van der Waals surface area contributed by atoms with E-state index in [4.69, 9.17) is 4.22 Å². The monoisotopic (exact) mass is 160 g/mol. The molecule has 0 aromatic carbocycles. The summed E-state index contributed by atoms with van der Waals surface area (Å²) in [5, 5.41) is 0. The molecule has 0 aliphatic heterocycles. The molecule has 0 fully saturated rings. The van der Waals surface area contributed by atoms with Gasteiger partial charge >= 0.3 is 58.2 Å². The first-order chi connectivity index (χ1) is 3.80. The van der Waals surface area contributed by atoms with E-state index in [9.17, 15) is 0 Å². The summed E-state index contributed by atoms with van der Waals surface area (Å²) in [6, 6.07) is 0. The fraction of sp³-hybridized carbons (Fsp3) is 0.200. The zero-order valence-corrected chi connectivity index (χ0v) is 8.58. The third-order valence-electron chi connectivity index (χ3n) is 1.28. The molecular formula is C5H10NSiTi. The molecule has 2 N–H and O–H groups in total. The van der Waals surface area contributed by atoms with Crippen LogP contribution in [0.25, 0.3) is 0 Å². The van der Waals surface area contributed by atoms with Crippen molar-refractivity contribution in [3.05, 3.63) is 22.1 Å². The zero-order valence-electron chi connectivity index (χ0n) is 5.02. The first-order valence-corrected chi connectivity index (χ1v) is 10.1. The van der Waals surface area contributed by atoms with Crippen LogP contribution in [0.3, 0.4) is 0 Å². The molecule has 0 aromatic heterocycles. The van der Waals surface area contributed by atoms with Gasteiger partial charge in [0, 0.05) is 0 Å². The van der Waals surface area contributed by atoms with Crippen LogP contribution in [0.4, 0.5) is 0 Å². The molecule has 3 heteroatoms. The van der Waals surface area contributed by atoms with Crippen LogP contribution in [0.5, 0.6) is 0 Å². The molecule has 1 aliphatic rings. The van der Waals surface area contributed by atoms with Crippen molar-refractivity contribution in [1.82, 2.24) is 0 Å². The number of rotatable bonds is 1. The molecule has 8 heavy (non-hydrogen) atoms. The third-order valence-corrected chi connectivity index (χ3v) is 6.09. The molecule has 0 radical (unpaired) electrons. The van der Waals surface area contributed by atoms with Crippen LogP contribution in [0, 0.1) is 0 Å². The van der Waals surface area contributed by atoms with Crippen LogP contribution in [-0.2, 0) is 17.4 Å². The van der Waals surface area contributed by atoms with Gasteiger partial charge in [-0.15, -0.1) is 0 Å². The molecule has 0 unspecified atom stereocenters. The summed E-state index contributed by atoms with van der Waals surface area (Å²) in [4.78, 5) is 0. The van der Waals surface area contributed by atoms with E-state index in [2.05, 4.69) is 18.2 Å². The summed E-state index contributed by atoms with van der Waals surface area (Å²) in [5.74, 6) is 0. The van der Waals surface area contributed by atoms with Gasteiger partial charge in [0.25, 0.3) is 0 Å². The van der Waals surface area contributed by atoms with Gasteiger partial charge in [0.1, 0.15) is 0 Å². The first-order valence-electron chi connectivity index (χ1n) is 2.76. The van der Waals surface area contributed by atoms with Gasteiger partial charge in [0.15, 0.2) is 0 Å². The Morgan fingerprint density at radius 1 is 1.75 bits per heavy atom. The summed E-state index contributed by atoms with van der Waals surface area (Å²) in [6.45, 7) is 0. The summed E-state index contributed by atoms with van der Waals surface area (Å²) in [6.07, 6.45) is 7.66. The molecule has 43 valence electrons. The molecule has 1 nitrogen and oxygen atoms in total. The Bertz CT molecular complexity index is 139. The normalized spacial score (nSPS) is 16.9. The van der Waals surface area contributed by atoms with Crippen LogP contribution in [0.2, 0.25) is 0 Å². The Labute approximate surface area is 58.4 Å². The van der Waals surface area contributed by atoms with E-state index >= 15 is 0 Å². The van der Waals surface area contributed by atoms with Crippen molar-refractivity contribution < 1.29 is 17.4 Å². The SMILES string of the molecule is [NH2][Ti]([SiH3])[C]1=CC=CC1. The van der Waals surface area contributed by atoms with Gasteiger partial charge in [-0.05, 0) is 0 Å². The van der Waals surface area contributed by atoms with Gasteiger partial charge in [-0.2, -0.15) is 0 Å². The quantitative estimate of drug-likeness (QED) is 0.519. The van der Waals surface area contributed by atoms with E-state index in [1.165, 1.54) is 8.11 Å². The molecule has 1 aliphatic carbocycles. The van der Waals surface area contributed by atoms with E-state index in [0.29, 0.717) is 0 Å². The van der Waals surface area contributed by atoms with Crippen LogP contribution in [0.15, 0.2) is 22.1 Å². The van der Waals surface area contributed by atoms with E-state index in [-0.39, 0.29) is 0 Å². The average Bonchev–Trinajstić information content (AvgIpc) is 2.12. The summed E-state index contributed by atoms with van der Waals surface area (Å²) >= 11 is -1.02. The van der Waals surface area contributed by atoms with Gasteiger partial charge in [-0.3, -0.25) is 0 Å². The second-order valence-electron chi connectivity index (χ2n) is 2.01. The topological polar surface area (TPSA) is 26.0 Å². The molecule has 0 saturated carbocycles. The van der Waals surface area contributed by atoms with Crippen LogP contribution < -0.4 is 4.22 Å². The predicted molar refractivity (Wildman–Crippen MR) is 36.0 cm³/mol. The third kappa shape index (κ3) is 1.42. The van der Waals surface area contributed by atoms with E-state index < -0.39 is 17.4 Å². The van der Waals surface area contributed by atoms with E-state index in [1.807, 2.05) is 0 Å². The predicted octanol–water partition coefficient (Wildman–Crippen LogP) is -0.397. The van der Waals surface area contributed by atoms with E-state index in [0.717, 1.165) is 6.42 Å². The molecule has 1 rings (SSSR count). The second-order valence-corrected chi connectivity index (χ2v) is 9.59. The molecule has 0 saturated heterocycles. The minimum atomic E-state index is -1.02. The van der Waals surface area contributed by atoms with Crippen LogP contribution in [-0.4, -0.2) is 8.11 Å². The number of hydrogen-bond acceptors (Lipinski definition) is 1. The van der Waals surface area contributed by atoms with Crippen molar-refractivity contribution in [2.24, 2.45) is 4.22 Å². The fourth-order valence-corrected chi connectivity index (χ4v) is 3.52. The van der Waals surface area contributed by atoms with Crippen molar-refractivity contribution in [3.8, 4) is 0 Å². The molecule has 0 bridgehead atoms. The summed E-state index contributed by atoms with van der Waals surface area (Å²) < 4.78 is 7.38. The number of allylic oxidation sites excluding steroid dienone is 4. The van der Waals surface area contributed by atoms with Crippen LogP contribution in [0.1, 0.15) is 6.42 Å². The van der Waals surface area contributed by atoms with Gasteiger partial charge in [0.05, 0.1) is 0 Å². The maximum atomic E-state index is 5.82. The van der Waals surface area contributed by atoms with Crippen molar-refractivity contribution in [3.63, 3.8) is 0 Å². The Morgan fingerprint density at radius 3 is 2.75 bits per heavy atom. The zero-order chi connectivity index (χ0) is 5.98. The maximum absolute atomic E-state index is 5.82. The van der Waals surface area contributed by atoms with Crippen molar-refractivity contribution in [1.29, 1.82) is 0 Å². The fourth-order valence-electron chi connectivity index (χ4n) is 0.740. The Balaban J connectivity index is 2.51. The van der Waals surface area contributed by atoms with Gasteiger partial charge in [0.2, 0.25) is 0 Å². The molecule has 0 spiro atoms. The van der Waals surface area contributed by atoms with Gasteiger partial charge in [-0.25, -0.2) is 0 Å². The molecular weight excluding hydrogens is 150 g/mol. The number of nitrogens with two attached hydrogens (primary N) is 1. The Hall–Kier alpha value is 0.371. The second kappa shape index (κ2) is 2.78. The molecule has 0 amide bonds. The summed E-state index contributed by atoms with van der Waals surface area (Å²) in [5.41, 5.74) is 0. The van der Waals surface area contributed by atoms with Gasteiger partial charge < -0.3 is 0 Å². The van der Waals surface area contributed by atoms with Crippen molar-refractivity contribution in [2.75, 3.05) is 0 Å². The number of hydrogen-bond donors (Lipinski definition) is 1. The molecule has 0 atom stereocenters. The van der Waals surface area contributed by atoms with Crippen molar-refractivity contribution in [2.45, 2.75) is 6.42 Å². The van der Waals surface area contributed by atoms with Crippen LogP contribution >= 0.6 is 0 Å². The standard InChI is InChI=1S/C5H5.H2N.H3Si.Ti/c1-2-4-5-3-1;;;/h1-3H,4H2;1H2;1H3;/q;-1;;+1. The van der Waals surface area contributed by atoms with Gasteiger partial charge in [-0.1, -0.05) is 0 Å². The molecule has 0 aromatic rings. The molecule has 0 heterocycles. The van der Waals surface area contributed by atoms with Crippen molar-refractivity contribution >= 4 is 8.11 Å². The van der Waals surface area contributed by atoms with E-state index in [1.54, 1.807) is 3.88 Å². The summed E-state index contributed by atoms with van der Waals surface area (Å²) in [7, 11) is 1.25. The first kappa shape index (κ1) is 6.49.